The second-order valence-electron chi connectivity index (χ2n) is 6.27. The molecule has 0 fully saturated rings. The van der Waals surface area contributed by atoms with Gasteiger partial charge in [0.2, 0.25) is 0 Å². The highest BCUT2D eigenvalue weighted by molar-refractivity contribution is 6.06. The molecule has 0 aliphatic heterocycles. The van der Waals surface area contributed by atoms with E-state index in [4.69, 9.17) is 9.47 Å². The fraction of sp³-hybridized carbons (Fsp3) is 0.316. The van der Waals surface area contributed by atoms with Crippen molar-refractivity contribution >= 4 is 5.78 Å². The van der Waals surface area contributed by atoms with Gasteiger partial charge < -0.3 is 9.47 Å². The summed E-state index contributed by atoms with van der Waals surface area (Å²) in [6, 6.07) is 12.2. The van der Waals surface area contributed by atoms with Crippen molar-refractivity contribution in [2.45, 2.75) is 19.3 Å². The van der Waals surface area contributed by atoms with Crippen molar-refractivity contribution in [3.05, 3.63) is 58.7 Å². The van der Waals surface area contributed by atoms with Gasteiger partial charge in [0.1, 0.15) is 0 Å². The number of carbonyl (C=O) groups is 1. The Morgan fingerprint density at radius 2 is 1.41 bits per heavy atom. The Balaban J connectivity index is 1.77. The summed E-state index contributed by atoms with van der Waals surface area (Å²) in [7, 11) is 3.23. The third kappa shape index (κ3) is 1.71. The van der Waals surface area contributed by atoms with Crippen LogP contribution in [0.1, 0.15) is 27.0 Å². The highest BCUT2D eigenvalue weighted by Gasteiger charge is 2.49. The van der Waals surface area contributed by atoms with Crippen LogP contribution >= 0.6 is 0 Å². The summed E-state index contributed by atoms with van der Waals surface area (Å²) in [5.41, 5.74) is 4.19. The summed E-state index contributed by atoms with van der Waals surface area (Å²) in [5.74, 6) is 1.57. The number of ether oxygens (including phenoxy) is 2. The molecule has 2 aromatic rings. The van der Waals surface area contributed by atoms with E-state index in [1.807, 2.05) is 12.1 Å². The van der Waals surface area contributed by atoms with Gasteiger partial charge in [-0.05, 0) is 48.1 Å². The summed E-state index contributed by atoms with van der Waals surface area (Å²) >= 11 is 0. The van der Waals surface area contributed by atoms with E-state index < -0.39 is 0 Å². The summed E-state index contributed by atoms with van der Waals surface area (Å²) in [4.78, 5) is 13.1. The number of benzene rings is 2. The second kappa shape index (κ2) is 4.60. The number of carbonyl (C=O) groups excluding carboxylic acids is 1. The first-order valence-corrected chi connectivity index (χ1v) is 7.53. The largest absolute Gasteiger partial charge is 0.493 e. The molecule has 0 unspecified atom stereocenters. The molecule has 3 nitrogen and oxygen atoms in total. The normalized spacial score (nSPS) is 17.5. The zero-order valence-electron chi connectivity index (χ0n) is 12.8. The molecular formula is C19H18O3. The molecule has 0 bridgehead atoms. The van der Waals surface area contributed by atoms with Gasteiger partial charge in [-0.1, -0.05) is 24.3 Å². The first-order valence-electron chi connectivity index (χ1n) is 7.53. The predicted octanol–water partition coefficient (Wildman–Crippen LogP) is 3.23. The number of Topliss-reactive ketones (excluding diaryl/α,β-unsaturated/α-hetero) is 1. The molecule has 0 saturated heterocycles. The topological polar surface area (TPSA) is 35.5 Å². The molecule has 4 rings (SSSR count). The maximum Gasteiger partial charge on any atom is 0.170 e. The van der Waals surface area contributed by atoms with Crippen LogP contribution < -0.4 is 9.47 Å². The monoisotopic (exact) mass is 294 g/mol. The van der Waals surface area contributed by atoms with Crippen molar-refractivity contribution in [3.8, 4) is 11.5 Å². The fourth-order valence-corrected chi connectivity index (χ4v) is 3.99. The van der Waals surface area contributed by atoms with Crippen molar-refractivity contribution < 1.29 is 14.3 Å². The van der Waals surface area contributed by atoms with Crippen LogP contribution in [0.3, 0.4) is 0 Å². The summed E-state index contributed by atoms with van der Waals surface area (Å²) in [6.45, 7) is 0. The minimum Gasteiger partial charge on any atom is -0.493 e. The van der Waals surface area contributed by atoms with Gasteiger partial charge in [-0.15, -0.1) is 0 Å². The molecule has 1 spiro atoms. The standard InChI is InChI=1S/C19H18O3/c1-21-16-7-14-11-19(18(20)15(14)8-17(16)22-2)9-12-5-3-4-6-13(12)10-19/h3-8H,9-11H2,1-2H3. The average molecular weight is 294 g/mol. The zero-order valence-corrected chi connectivity index (χ0v) is 12.8. The van der Waals surface area contributed by atoms with Crippen molar-refractivity contribution in [2.75, 3.05) is 14.2 Å². The van der Waals surface area contributed by atoms with E-state index in [1.54, 1.807) is 14.2 Å². The van der Waals surface area contributed by atoms with Gasteiger partial charge in [-0.2, -0.15) is 0 Å². The lowest BCUT2D eigenvalue weighted by molar-refractivity contribution is 0.0831. The smallest absolute Gasteiger partial charge is 0.170 e. The Labute approximate surface area is 129 Å². The Morgan fingerprint density at radius 3 is 2.00 bits per heavy atom. The fourth-order valence-electron chi connectivity index (χ4n) is 3.99. The number of methoxy groups -OCH3 is 2. The molecule has 0 saturated carbocycles. The lowest BCUT2D eigenvalue weighted by atomic mass is 9.81. The Bertz CT molecular complexity index is 751. The SMILES string of the molecule is COc1cc2c(cc1OC)C(=O)C1(Cc3ccccc3C1)C2. The van der Waals surface area contributed by atoms with Crippen LogP contribution in [0.25, 0.3) is 0 Å². The van der Waals surface area contributed by atoms with Gasteiger partial charge in [0, 0.05) is 11.0 Å². The maximum absolute atomic E-state index is 13.1. The highest BCUT2D eigenvalue weighted by Crippen LogP contribution is 2.49. The summed E-state index contributed by atoms with van der Waals surface area (Å²) in [6.07, 6.45) is 2.46. The van der Waals surface area contributed by atoms with Crippen LogP contribution in [0.5, 0.6) is 11.5 Å². The van der Waals surface area contributed by atoms with E-state index in [-0.39, 0.29) is 11.2 Å². The lowest BCUT2D eigenvalue weighted by Gasteiger charge is -2.20. The van der Waals surface area contributed by atoms with Gasteiger partial charge in [-0.25, -0.2) is 0 Å². The van der Waals surface area contributed by atoms with Crippen LogP contribution in [0.2, 0.25) is 0 Å². The Kier molecular flexibility index (Phi) is 2.80. The molecule has 0 aromatic heterocycles. The van der Waals surface area contributed by atoms with E-state index in [9.17, 15) is 4.79 Å². The molecule has 0 heterocycles. The molecule has 0 radical (unpaired) electrons. The minimum absolute atomic E-state index is 0.250. The van der Waals surface area contributed by atoms with Crippen LogP contribution in [0.15, 0.2) is 36.4 Å². The number of hydrogen-bond acceptors (Lipinski definition) is 3. The van der Waals surface area contributed by atoms with Crippen molar-refractivity contribution in [1.29, 1.82) is 0 Å². The lowest BCUT2D eigenvalue weighted by Crippen LogP contribution is -2.28. The van der Waals surface area contributed by atoms with Crippen LogP contribution in [0.4, 0.5) is 0 Å². The number of ketones is 1. The molecule has 0 N–H and O–H groups in total. The van der Waals surface area contributed by atoms with Crippen molar-refractivity contribution in [3.63, 3.8) is 0 Å². The first kappa shape index (κ1) is 13.4. The van der Waals surface area contributed by atoms with Crippen LogP contribution in [-0.2, 0) is 19.3 Å². The van der Waals surface area contributed by atoms with Gasteiger partial charge in [0.05, 0.1) is 14.2 Å². The molecule has 0 atom stereocenters. The zero-order chi connectivity index (χ0) is 15.3. The van der Waals surface area contributed by atoms with Gasteiger partial charge in [0.15, 0.2) is 17.3 Å². The molecule has 112 valence electrons. The van der Waals surface area contributed by atoms with Gasteiger partial charge >= 0.3 is 0 Å². The molecule has 22 heavy (non-hydrogen) atoms. The molecule has 2 aliphatic carbocycles. The number of fused-ring (bicyclic) bond motifs is 2. The predicted molar refractivity (Wildman–Crippen MR) is 83.9 cm³/mol. The van der Waals surface area contributed by atoms with Gasteiger partial charge in [-0.3, -0.25) is 4.79 Å². The van der Waals surface area contributed by atoms with E-state index in [2.05, 4.69) is 24.3 Å². The Morgan fingerprint density at radius 1 is 0.864 bits per heavy atom. The molecule has 0 amide bonds. The third-order valence-corrected chi connectivity index (χ3v) is 5.04. The average Bonchev–Trinajstić information content (AvgIpc) is 3.04. The van der Waals surface area contributed by atoms with Crippen molar-refractivity contribution in [2.24, 2.45) is 5.41 Å². The summed E-state index contributed by atoms with van der Waals surface area (Å²) in [5, 5.41) is 0. The molecule has 2 aliphatic rings. The number of hydrogen-bond donors (Lipinski definition) is 0. The summed E-state index contributed by atoms with van der Waals surface area (Å²) < 4.78 is 10.7. The van der Waals surface area contributed by atoms with Crippen LogP contribution in [-0.4, -0.2) is 20.0 Å². The second-order valence-corrected chi connectivity index (χ2v) is 6.27. The molecular weight excluding hydrogens is 276 g/mol. The van der Waals surface area contributed by atoms with E-state index >= 15 is 0 Å². The Hall–Kier alpha value is -2.29. The molecule has 3 heteroatoms. The quantitative estimate of drug-likeness (QED) is 0.853. The van der Waals surface area contributed by atoms with E-state index in [0.29, 0.717) is 11.5 Å². The molecule has 2 aromatic carbocycles. The van der Waals surface area contributed by atoms with Crippen molar-refractivity contribution in [1.82, 2.24) is 0 Å². The third-order valence-electron chi connectivity index (χ3n) is 5.04. The highest BCUT2D eigenvalue weighted by atomic mass is 16.5. The van der Waals surface area contributed by atoms with E-state index in [0.717, 1.165) is 30.4 Å². The van der Waals surface area contributed by atoms with E-state index in [1.165, 1.54) is 11.1 Å². The van der Waals surface area contributed by atoms with Gasteiger partial charge in [0.25, 0.3) is 0 Å². The first-order chi connectivity index (χ1) is 10.7. The number of rotatable bonds is 2. The maximum atomic E-state index is 13.1. The minimum atomic E-state index is -0.302. The van der Waals surface area contributed by atoms with Crippen LogP contribution in [0, 0.1) is 5.41 Å².